The molecular weight excluding hydrogens is 555 g/mol. The van der Waals surface area contributed by atoms with Gasteiger partial charge in [0.25, 0.3) is 11.5 Å². The molecule has 1 saturated heterocycles. The lowest BCUT2D eigenvalue weighted by molar-refractivity contribution is -0.127. The molecule has 226 valence electrons. The number of nitrogens with zero attached hydrogens (tertiary/aromatic N) is 6. The minimum Gasteiger partial charge on any atom is -0.383 e. The van der Waals surface area contributed by atoms with Crippen LogP contribution in [0, 0.1) is 5.82 Å². The molecule has 0 atom stereocenters. The van der Waals surface area contributed by atoms with Gasteiger partial charge in [-0.15, -0.1) is 0 Å². The van der Waals surface area contributed by atoms with Gasteiger partial charge in [-0.05, 0) is 55.7 Å². The van der Waals surface area contributed by atoms with Gasteiger partial charge in [0.2, 0.25) is 5.91 Å². The van der Waals surface area contributed by atoms with Crippen LogP contribution in [0.2, 0.25) is 0 Å². The zero-order chi connectivity index (χ0) is 30.5. The Kier molecular flexibility index (Phi) is 9.24. The summed E-state index contributed by atoms with van der Waals surface area (Å²) in [5.41, 5.74) is 1.25. The van der Waals surface area contributed by atoms with Crippen LogP contribution in [0.25, 0.3) is 0 Å². The van der Waals surface area contributed by atoms with Crippen molar-refractivity contribution in [3.8, 4) is 0 Å². The lowest BCUT2D eigenvalue weighted by atomic mass is 10.1. The van der Waals surface area contributed by atoms with E-state index in [0.717, 1.165) is 6.42 Å². The van der Waals surface area contributed by atoms with Crippen molar-refractivity contribution in [2.75, 3.05) is 38.3 Å². The first-order chi connectivity index (χ1) is 20.8. The molecule has 0 unspecified atom stereocenters. The van der Waals surface area contributed by atoms with Gasteiger partial charge in [0.15, 0.2) is 0 Å². The highest BCUT2D eigenvalue weighted by molar-refractivity contribution is 6.07. The summed E-state index contributed by atoms with van der Waals surface area (Å²) < 4.78 is 21.4. The predicted octanol–water partition coefficient (Wildman–Crippen LogP) is 2.94. The van der Waals surface area contributed by atoms with Crippen molar-refractivity contribution in [2.24, 2.45) is 4.99 Å². The van der Waals surface area contributed by atoms with E-state index >= 15 is 0 Å². The van der Waals surface area contributed by atoms with Crippen molar-refractivity contribution >= 4 is 29.2 Å². The van der Waals surface area contributed by atoms with Crippen LogP contribution in [0.1, 0.15) is 54.1 Å². The maximum atomic E-state index is 13.5. The SMILES string of the molecule is CCCn1c2c(c(=O)n(CCOC)c1=O)CC(c1ccc(N(CCCN3CCCC3=O)C(=O)c3ccc(F)cc3)nc1)=N2. The number of hydrogen-bond acceptors (Lipinski definition) is 7. The molecule has 0 saturated carbocycles. The maximum Gasteiger partial charge on any atom is 0.332 e. The molecule has 2 aliphatic heterocycles. The summed E-state index contributed by atoms with van der Waals surface area (Å²) in [5.74, 6) is 0.109. The number of anilines is 1. The van der Waals surface area contributed by atoms with Crippen LogP contribution in [0.3, 0.4) is 0 Å². The van der Waals surface area contributed by atoms with Crippen LogP contribution >= 0.6 is 0 Å². The van der Waals surface area contributed by atoms with E-state index in [1.165, 1.54) is 45.4 Å². The van der Waals surface area contributed by atoms with Gasteiger partial charge in [-0.1, -0.05) is 6.92 Å². The molecule has 12 heteroatoms. The number of carbonyl (C=O) groups is 2. The zero-order valence-electron chi connectivity index (χ0n) is 24.4. The first kappa shape index (κ1) is 30.0. The Balaban J connectivity index is 1.41. The van der Waals surface area contributed by atoms with E-state index < -0.39 is 11.5 Å². The van der Waals surface area contributed by atoms with Crippen LogP contribution in [0.15, 0.2) is 57.2 Å². The third kappa shape index (κ3) is 6.34. The molecule has 2 aliphatic rings. The molecule has 0 bridgehead atoms. The molecule has 2 aromatic heterocycles. The Labute approximate surface area is 248 Å². The van der Waals surface area contributed by atoms with Crippen LogP contribution in [0.4, 0.5) is 16.0 Å². The van der Waals surface area contributed by atoms with E-state index in [1.807, 2.05) is 6.92 Å². The van der Waals surface area contributed by atoms with E-state index in [9.17, 15) is 23.6 Å². The molecule has 0 N–H and O–H groups in total. The highest BCUT2D eigenvalue weighted by atomic mass is 19.1. The summed E-state index contributed by atoms with van der Waals surface area (Å²) in [5, 5.41) is 0. The fourth-order valence-electron chi connectivity index (χ4n) is 5.48. The summed E-state index contributed by atoms with van der Waals surface area (Å²) in [4.78, 5) is 64.5. The molecule has 4 heterocycles. The molecule has 5 rings (SSSR count). The Morgan fingerprint density at radius 3 is 2.49 bits per heavy atom. The van der Waals surface area contributed by atoms with Gasteiger partial charge < -0.3 is 9.64 Å². The van der Waals surface area contributed by atoms with Gasteiger partial charge in [-0.25, -0.2) is 19.2 Å². The van der Waals surface area contributed by atoms with E-state index in [2.05, 4.69) is 4.98 Å². The number of likely N-dealkylation sites (tertiary alicyclic amines) is 1. The molecule has 11 nitrogen and oxygen atoms in total. The first-order valence-electron chi connectivity index (χ1n) is 14.6. The number of pyridine rings is 1. The number of carbonyl (C=O) groups excluding carboxylic acids is 2. The lowest BCUT2D eigenvalue weighted by Gasteiger charge is -2.24. The number of benzene rings is 1. The summed E-state index contributed by atoms with van der Waals surface area (Å²) in [6, 6.07) is 8.84. The molecule has 43 heavy (non-hydrogen) atoms. The second-order valence-electron chi connectivity index (χ2n) is 10.6. The lowest BCUT2D eigenvalue weighted by Crippen LogP contribution is -2.42. The monoisotopic (exact) mass is 590 g/mol. The van der Waals surface area contributed by atoms with E-state index in [1.54, 1.807) is 23.2 Å². The highest BCUT2D eigenvalue weighted by Crippen LogP contribution is 2.26. The number of hydrogen-bond donors (Lipinski definition) is 0. The minimum atomic E-state index is -0.439. The number of halogens is 1. The Hall–Kier alpha value is -4.45. The van der Waals surface area contributed by atoms with Gasteiger partial charge in [-0.3, -0.25) is 28.4 Å². The van der Waals surface area contributed by atoms with Crippen molar-refractivity contribution in [3.05, 3.63) is 85.9 Å². The van der Waals surface area contributed by atoms with Crippen molar-refractivity contribution in [2.45, 2.75) is 52.1 Å². The molecule has 0 aliphatic carbocycles. The molecule has 2 amide bonds. The summed E-state index contributed by atoms with van der Waals surface area (Å²) in [6.07, 6.45) is 4.47. The Morgan fingerprint density at radius 2 is 1.84 bits per heavy atom. The molecule has 0 spiro atoms. The fraction of sp³-hybridized carbons (Fsp3) is 0.419. The quantitative estimate of drug-likeness (QED) is 0.320. The molecule has 3 aromatic rings. The summed E-state index contributed by atoms with van der Waals surface area (Å²) in [6.45, 7) is 4.32. The van der Waals surface area contributed by atoms with Gasteiger partial charge in [0, 0.05) is 63.5 Å². The van der Waals surface area contributed by atoms with E-state index in [0.29, 0.717) is 79.5 Å². The number of aliphatic imine (C=N–C) groups is 1. The second kappa shape index (κ2) is 13.2. The van der Waals surface area contributed by atoms with Gasteiger partial charge >= 0.3 is 5.69 Å². The Morgan fingerprint density at radius 1 is 1.05 bits per heavy atom. The van der Waals surface area contributed by atoms with Crippen molar-refractivity contribution in [1.29, 1.82) is 0 Å². The number of rotatable bonds is 12. The van der Waals surface area contributed by atoms with E-state index in [4.69, 9.17) is 9.73 Å². The third-order valence-electron chi connectivity index (χ3n) is 7.72. The topological polar surface area (TPSA) is 119 Å². The van der Waals surface area contributed by atoms with Crippen LogP contribution in [-0.4, -0.2) is 69.9 Å². The average Bonchev–Trinajstić information content (AvgIpc) is 3.64. The molecule has 0 radical (unpaired) electrons. The van der Waals surface area contributed by atoms with Crippen LogP contribution < -0.4 is 16.1 Å². The fourth-order valence-corrected chi connectivity index (χ4v) is 5.48. The average molecular weight is 591 g/mol. The maximum absolute atomic E-state index is 13.5. The zero-order valence-corrected chi connectivity index (χ0v) is 24.4. The normalized spacial score (nSPS) is 14.3. The molecular formula is C31H35FN6O5. The van der Waals surface area contributed by atoms with Crippen molar-refractivity contribution in [3.63, 3.8) is 0 Å². The first-order valence-corrected chi connectivity index (χ1v) is 14.6. The molecule has 1 fully saturated rings. The smallest absolute Gasteiger partial charge is 0.332 e. The molecule has 1 aromatic carbocycles. The van der Waals surface area contributed by atoms with Gasteiger partial charge in [0.1, 0.15) is 17.5 Å². The summed E-state index contributed by atoms with van der Waals surface area (Å²) in [7, 11) is 1.52. The standard InChI is InChI=1S/C31H35FN6O5/c1-3-13-37-28-24(30(41)38(31(37)42)17-18-43-2)19-25(34-28)22-9-12-26(33-20-22)36(16-5-15-35-14-4-6-27(35)39)29(40)21-7-10-23(32)11-8-21/h7-12,20H,3-6,13-19H2,1-2H3. The van der Waals surface area contributed by atoms with Gasteiger partial charge in [0.05, 0.1) is 24.4 Å². The number of fused-ring (bicyclic) bond motifs is 1. The number of ether oxygens (including phenoxy) is 1. The highest BCUT2D eigenvalue weighted by Gasteiger charge is 2.27. The predicted molar refractivity (Wildman–Crippen MR) is 160 cm³/mol. The largest absolute Gasteiger partial charge is 0.383 e. The third-order valence-corrected chi connectivity index (χ3v) is 7.72. The van der Waals surface area contributed by atoms with Crippen molar-refractivity contribution < 1.29 is 18.7 Å². The van der Waals surface area contributed by atoms with Crippen LogP contribution in [0.5, 0.6) is 0 Å². The number of amides is 2. The van der Waals surface area contributed by atoms with Gasteiger partial charge in [-0.2, -0.15) is 0 Å². The number of methoxy groups -OCH3 is 1. The van der Waals surface area contributed by atoms with E-state index in [-0.39, 0.29) is 36.9 Å². The minimum absolute atomic E-state index is 0.118. The number of aromatic nitrogens is 3. The summed E-state index contributed by atoms with van der Waals surface area (Å²) >= 11 is 0. The Bertz CT molecular complexity index is 1650. The van der Waals surface area contributed by atoms with Crippen molar-refractivity contribution in [1.82, 2.24) is 19.0 Å². The van der Waals surface area contributed by atoms with Crippen LogP contribution in [-0.2, 0) is 29.0 Å². The second-order valence-corrected chi connectivity index (χ2v) is 10.6.